The van der Waals surface area contributed by atoms with Crippen molar-refractivity contribution in [3.05, 3.63) is 84.2 Å². The number of pyridine rings is 2. The Morgan fingerprint density at radius 2 is 1.81 bits per heavy atom. The quantitative estimate of drug-likeness (QED) is 0.392. The van der Waals surface area contributed by atoms with Crippen molar-refractivity contribution in [2.45, 2.75) is 19.9 Å². The van der Waals surface area contributed by atoms with Crippen LogP contribution in [0.5, 0.6) is 0 Å². The molecule has 4 aromatic heterocycles. The van der Waals surface area contributed by atoms with E-state index in [0.717, 1.165) is 60.1 Å². The molecule has 1 aromatic carbocycles. The summed E-state index contributed by atoms with van der Waals surface area (Å²) in [6, 6.07) is 13.2. The summed E-state index contributed by atoms with van der Waals surface area (Å²) in [5.41, 5.74) is 4.23. The van der Waals surface area contributed by atoms with Crippen molar-refractivity contribution >= 4 is 33.9 Å². The first kappa shape index (κ1) is 22.2. The van der Waals surface area contributed by atoms with Crippen molar-refractivity contribution in [2.24, 2.45) is 0 Å². The zero-order chi connectivity index (χ0) is 24.6. The van der Waals surface area contributed by atoms with E-state index < -0.39 is 0 Å². The number of hydrogen-bond acceptors (Lipinski definition) is 7. The van der Waals surface area contributed by atoms with Crippen molar-refractivity contribution in [1.29, 1.82) is 0 Å². The van der Waals surface area contributed by atoms with Gasteiger partial charge in [-0.2, -0.15) is 9.61 Å². The van der Waals surface area contributed by atoms with Gasteiger partial charge in [0.2, 0.25) is 0 Å². The second-order valence-electron chi connectivity index (χ2n) is 9.13. The average molecular weight is 483 g/mol. The van der Waals surface area contributed by atoms with Gasteiger partial charge in [0.05, 0.1) is 29.6 Å². The highest BCUT2D eigenvalue weighted by Gasteiger charge is 2.24. The largest absolute Gasteiger partial charge is 0.367 e. The van der Waals surface area contributed by atoms with Gasteiger partial charge in [0.1, 0.15) is 17.5 Å². The van der Waals surface area contributed by atoms with E-state index >= 15 is 0 Å². The molecule has 0 amide bonds. The fraction of sp³-hybridized carbons (Fsp3) is 0.259. The molecule has 0 aliphatic carbocycles. The Morgan fingerprint density at radius 3 is 2.61 bits per heavy atom. The van der Waals surface area contributed by atoms with Gasteiger partial charge < -0.3 is 15.1 Å². The van der Waals surface area contributed by atoms with Crippen LogP contribution in [0.15, 0.2) is 67.3 Å². The fourth-order valence-corrected chi connectivity index (χ4v) is 4.90. The molecule has 6 rings (SSSR count). The van der Waals surface area contributed by atoms with E-state index in [-0.39, 0.29) is 11.9 Å². The van der Waals surface area contributed by atoms with Crippen molar-refractivity contribution in [2.75, 3.05) is 41.3 Å². The molecule has 1 aliphatic rings. The van der Waals surface area contributed by atoms with Crippen LogP contribution in [0.3, 0.4) is 0 Å². The molecule has 5 aromatic rings. The third kappa shape index (κ3) is 3.96. The minimum absolute atomic E-state index is 0.0755. The summed E-state index contributed by atoms with van der Waals surface area (Å²) in [6.45, 7) is 7.23. The smallest absolute Gasteiger partial charge is 0.157 e. The molecule has 9 heteroatoms. The number of benzene rings is 1. The van der Waals surface area contributed by atoms with Crippen LogP contribution in [-0.4, -0.2) is 50.7 Å². The minimum atomic E-state index is -0.237. The van der Waals surface area contributed by atoms with E-state index in [9.17, 15) is 4.39 Å². The van der Waals surface area contributed by atoms with E-state index in [1.807, 2.05) is 30.5 Å². The Balaban J connectivity index is 1.36. The molecule has 0 bridgehead atoms. The Bertz CT molecular complexity index is 1530. The van der Waals surface area contributed by atoms with Gasteiger partial charge in [-0.25, -0.2) is 14.4 Å². The summed E-state index contributed by atoms with van der Waals surface area (Å²) in [5, 5.41) is 8.92. The van der Waals surface area contributed by atoms with Gasteiger partial charge in [0.25, 0.3) is 0 Å². The molecule has 1 aliphatic heterocycles. The molecule has 0 saturated carbocycles. The number of halogens is 1. The van der Waals surface area contributed by atoms with Crippen molar-refractivity contribution < 1.29 is 4.39 Å². The molecule has 1 atom stereocenters. The van der Waals surface area contributed by atoms with Gasteiger partial charge >= 0.3 is 0 Å². The highest BCUT2D eigenvalue weighted by Crippen LogP contribution is 2.33. The first-order valence-corrected chi connectivity index (χ1v) is 12.1. The topological polar surface area (TPSA) is 74.5 Å². The third-order valence-electron chi connectivity index (χ3n) is 6.89. The molecule has 1 N–H and O–H groups in total. The maximum Gasteiger partial charge on any atom is 0.157 e. The number of anilines is 3. The lowest BCUT2D eigenvalue weighted by atomic mass is 10.0. The Morgan fingerprint density at radius 1 is 0.972 bits per heavy atom. The maximum atomic E-state index is 14.4. The van der Waals surface area contributed by atoms with Crippen molar-refractivity contribution in [3.8, 4) is 0 Å². The zero-order valence-electron chi connectivity index (χ0n) is 20.3. The second kappa shape index (κ2) is 9.07. The van der Waals surface area contributed by atoms with Crippen LogP contribution >= 0.6 is 0 Å². The average Bonchev–Trinajstić information content (AvgIpc) is 3.41. The minimum Gasteiger partial charge on any atom is -0.367 e. The summed E-state index contributed by atoms with van der Waals surface area (Å²) >= 11 is 0. The number of fused-ring (bicyclic) bond motifs is 2. The molecular weight excluding hydrogens is 455 g/mol. The van der Waals surface area contributed by atoms with Crippen LogP contribution in [0, 0.1) is 12.7 Å². The SMILES string of the molecule is Cc1c(F)ccc2cc([C@H](C)Nc3ccnc4ccnn34)c(N3CCN(c4cccnc4)CC3)nc12. The van der Waals surface area contributed by atoms with Crippen LogP contribution < -0.4 is 15.1 Å². The number of piperazine rings is 1. The third-order valence-corrected chi connectivity index (χ3v) is 6.89. The van der Waals surface area contributed by atoms with Crippen molar-refractivity contribution in [3.63, 3.8) is 0 Å². The van der Waals surface area contributed by atoms with Crippen LogP contribution in [0.25, 0.3) is 16.6 Å². The summed E-state index contributed by atoms with van der Waals surface area (Å²) in [6.07, 6.45) is 7.20. The molecule has 1 saturated heterocycles. The normalized spacial score (nSPS) is 15.0. The van der Waals surface area contributed by atoms with Gasteiger partial charge in [-0.15, -0.1) is 0 Å². The number of hydrogen-bond donors (Lipinski definition) is 1. The number of rotatable bonds is 5. The first-order chi connectivity index (χ1) is 17.6. The number of aryl methyl sites for hydroxylation is 1. The standard InChI is InChI=1S/C27H27FN8/c1-18-23(28)6-5-20-16-22(19(2)32-25-7-10-30-24-8-11-31-36(24)25)27(33-26(18)20)35-14-12-34(13-15-35)21-4-3-9-29-17-21/h3-11,16-17,19,32H,12-15H2,1-2H3/t19-/m0/s1. The van der Waals surface area contributed by atoms with E-state index in [2.05, 4.69) is 49.2 Å². The first-order valence-electron chi connectivity index (χ1n) is 12.1. The van der Waals surface area contributed by atoms with Gasteiger partial charge in [0.15, 0.2) is 5.65 Å². The van der Waals surface area contributed by atoms with Crippen LogP contribution in [0.4, 0.5) is 21.7 Å². The Hall–Kier alpha value is -4.27. The highest BCUT2D eigenvalue weighted by molar-refractivity contribution is 5.85. The predicted molar refractivity (Wildman–Crippen MR) is 140 cm³/mol. The van der Waals surface area contributed by atoms with Gasteiger partial charge in [-0.05, 0) is 50.2 Å². The molecule has 0 spiro atoms. The zero-order valence-corrected chi connectivity index (χ0v) is 20.3. The molecule has 0 unspecified atom stereocenters. The number of aromatic nitrogens is 5. The molecule has 0 radical (unpaired) electrons. The lowest BCUT2D eigenvalue weighted by Crippen LogP contribution is -2.47. The molecule has 8 nitrogen and oxygen atoms in total. The lowest BCUT2D eigenvalue weighted by molar-refractivity contribution is 0.620. The summed E-state index contributed by atoms with van der Waals surface area (Å²) in [5.74, 6) is 1.49. The summed E-state index contributed by atoms with van der Waals surface area (Å²) in [7, 11) is 0. The van der Waals surface area contributed by atoms with Crippen LogP contribution in [0.2, 0.25) is 0 Å². The van der Waals surface area contributed by atoms with Gasteiger partial charge in [0, 0.05) is 61.2 Å². The molecule has 5 heterocycles. The molecule has 36 heavy (non-hydrogen) atoms. The van der Waals surface area contributed by atoms with E-state index in [1.165, 1.54) is 6.07 Å². The highest BCUT2D eigenvalue weighted by atomic mass is 19.1. The monoisotopic (exact) mass is 482 g/mol. The predicted octanol–water partition coefficient (Wildman–Crippen LogP) is 4.62. The van der Waals surface area contributed by atoms with Gasteiger partial charge in [-0.1, -0.05) is 0 Å². The van der Waals surface area contributed by atoms with Crippen LogP contribution in [0.1, 0.15) is 24.1 Å². The number of nitrogens with zero attached hydrogens (tertiary/aromatic N) is 7. The Kier molecular flexibility index (Phi) is 5.59. The Labute approximate surface area is 208 Å². The van der Waals surface area contributed by atoms with E-state index in [1.54, 1.807) is 30.0 Å². The van der Waals surface area contributed by atoms with Crippen LogP contribution in [-0.2, 0) is 0 Å². The molecule has 1 fully saturated rings. The van der Waals surface area contributed by atoms with Gasteiger partial charge in [-0.3, -0.25) is 4.98 Å². The number of nitrogens with one attached hydrogen (secondary N) is 1. The molecule has 182 valence electrons. The van der Waals surface area contributed by atoms with E-state index in [4.69, 9.17) is 4.98 Å². The maximum absolute atomic E-state index is 14.4. The van der Waals surface area contributed by atoms with E-state index in [0.29, 0.717) is 11.1 Å². The summed E-state index contributed by atoms with van der Waals surface area (Å²) < 4.78 is 16.2. The summed E-state index contributed by atoms with van der Waals surface area (Å²) in [4.78, 5) is 18.3. The van der Waals surface area contributed by atoms with Crippen molar-refractivity contribution in [1.82, 2.24) is 24.6 Å². The lowest BCUT2D eigenvalue weighted by Gasteiger charge is -2.38. The fourth-order valence-electron chi connectivity index (χ4n) is 4.90. The second-order valence-corrected chi connectivity index (χ2v) is 9.13. The molecular formula is C27H27FN8.